The third kappa shape index (κ3) is 3.76. The summed E-state index contributed by atoms with van der Waals surface area (Å²) < 4.78 is 0. The number of aromatic nitrogens is 1. The Kier molecular flexibility index (Phi) is 3.67. The van der Waals surface area contributed by atoms with Gasteiger partial charge in [0.25, 0.3) is 0 Å². The molecule has 0 aliphatic carbocycles. The van der Waals surface area contributed by atoms with Crippen molar-refractivity contribution in [1.29, 1.82) is 0 Å². The average Bonchev–Trinajstić information content (AvgIpc) is 2.30. The number of thiazole rings is 1. The van der Waals surface area contributed by atoms with Crippen molar-refractivity contribution in [3.8, 4) is 0 Å². The van der Waals surface area contributed by atoms with E-state index >= 15 is 0 Å². The lowest BCUT2D eigenvalue weighted by Crippen LogP contribution is -2.20. The number of rotatable bonds is 4. The Balaban J connectivity index is 2.58. The fraction of sp³-hybridized carbons (Fsp3) is 0.727. The Labute approximate surface area is 90.0 Å². The number of hydrogen-bond acceptors (Lipinski definition) is 3. The lowest BCUT2D eigenvalue weighted by molar-refractivity contribution is 0.129. The molecule has 0 spiro atoms. The molecular formula is C11H19NOS. The summed E-state index contributed by atoms with van der Waals surface area (Å²) in [7, 11) is 0. The van der Waals surface area contributed by atoms with E-state index in [1.807, 2.05) is 13.8 Å². The van der Waals surface area contributed by atoms with E-state index in [-0.39, 0.29) is 11.5 Å². The summed E-state index contributed by atoms with van der Waals surface area (Å²) in [6.07, 6.45) is 1.55. The topological polar surface area (TPSA) is 33.1 Å². The Hall–Kier alpha value is -0.410. The minimum atomic E-state index is -0.231. The van der Waals surface area contributed by atoms with Crippen molar-refractivity contribution in [3.63, 3.8) is 0 Å². The van der Waals surface area contributed by atoms with Gasteiger partial charge >= 0.3 is 0 Å². The molecule has 0 amide bonds. The van der Waals surface area contributed by atoms with Gasteiger partial charge < -0.3 is 5.11 Å². The van der Waals surface area contributed by atoms with Crippen molar-refractivity contribution >= 4 is 11.3 Å². The zero-order chi connectivity index (χ0) is 10.8. The number of aryl methyl sites for hydroxylation is 1. The van der Waals surface area contributed by atoms with E-state index in [1.54, 1.807) is 11.3 Å². The van der Waals surface area contributed by atoms with Gasteiger partial charge in [-0.2, -0.15) is 0 Å². The van der Waals surface area contributed by atoms with E-state index in [4.69, 9.17) is 0 Å². The van der Waals surface area contributed by atoms with Crippen LogP contribution in [0.25, 0.3) is 0 Å². The summed E-state index contributed by atoms with van der Waals surface area (Å²) in [6, 6.07) is 0. The van der Waals surface area contributed by atoms with Gasteiger partial charge in [-0.15, -0.1) is 11.3 Å². The maximum absolute atomic E-state index is 9.35. The van der Waals surface area contributed by atoms with E-state index in [1.165, 1.54) is 5.01 Å². The maximum Gasteiger partial charge on any atom is 0.0933 e. The number of aliphatic hydroxyl groups excluding tert-OH is 1. The average molecular weight is 213 g/mol. The lowest BCUT2D eigenvalue weighted by Gasteiger charge is -2.24. The Morgan fingerprint density at radius 2 is 2.21 bits per heavy atom. The minimum Gasteiger partial charge on any atom is -0.393 e. The monoisotopic (exact) mass is 213 g/mol. The second-order valence-corrected chi connectivity index (χ2v) is 5.72. The summed E-state index contributed by atoms with van der Waals surface area (Å²) >= 11 is 1.71. The zero-order valence-corrected chi connectivity index (χ0v) is 10.2. The van der Waals surface area contributed by atoms with Crippen molar-refractivity contribution in [1.82, 2.24) is 4.98 Å². The second-order valence-electron chi connectivity index (χ2n) is 4.78. The van der Waals surface area contributed by atoms with Crippen molar-refractivity contribution in [2.24, 2.45) is 5.41 Å². The molecule has 0 aromatic carbocycles. The first-order valence-corrected chi connectivity index (χ1v) is 5.86. The summed E-state index contributed by atoms with van der Waals surface area (Å²) in [5, 5.41) is 12.6. The molecule has 3 heteroatoms. The summed E-state index contributed by atoms with van der Waals surface area (Å²) in [6.45, 7) is 8.21. The van der Waals surface area contributed by atoms with Crippen LogP contribution in [0.3, 0.4) is 0 Å². The fourth-order valence-electron chi connectivity index (χ4n) is 1.77. The van der Waals surface area contributed by atoms with Gasteiger partial charge in [0.15, 0.2) is 0 Å². The molecule has 0 radical (unpaired) electrons. The van der Waals surface area contributed by atoms with Crippen LogP contribution in [0.2, 0.25) is 0 Å². The number of hydrogen-bond donors (Lipinski definition) is 1. The van der Waals surface area contributed by atoms with Crippen molar-refractivity contribution in [3.05, 3.63) is 16.1 Å². The number of aliphatic hydroxyl groups is 1. The van der Waals surface area contributed by atoms with Crippen LogP contribution >= 0.6 is 11.3 Å². The molecule has 2 nitrogen and oxygen atoms in total. The minimum absolute atomic E-state index is 0.137. The first-order valence-electron chi connectivity index (χ1n) is 4.98. The van der Waals surface area contributed by atoms with Gasteiger partial charge in [0.05, 0.1) is 11.1 Å². The highest BCUT2D eigenvalue weighted by atomic mass is 32.1. The Morgan fingerprint density at radius 1 is 1.57 bits per heavy atom. The zero-order valence-electron chi connectivity index (χ0n) is 9.37. The standard InChI is InChI=1S/C11H19NOS/c1-8-7-14-10(12-8)6-11(3,4)5-9(2)13/h7,9,13H,5-6H2,1-4H3. The van der Waals surface area contributed by atoms with Crippen LogP contribution < -0.4 is 0 Å². The molecule has 0 bridgehead atoms. The van der Waals surface area contributed by atoms with Gasteiger partial charge in [0.1, 0.15) is 0 Å². The Bertz CT molecular complexity index is 291. The van der Waals surface area contributed by atoms with E-state index in [9.17, 15) is 5.11 Å². The predicted molar refractivity (Wildman–Crippen MR) is 60.6 cm³/mol. The van der Waals surface area contributed by atoms with E-state index < -0.39 is 0 Å². The van der Waals surface area contributed by atoms with Gasteiger partial charge in [-0.05, 0) is 25.7 Å². The highest BCUT2D eigenvalue weighted by Crippen LogP contribution is 2.28. The second kappa shape index (κ2) is 4.41. The predicted octanol–water partition coefficient (Wildman–Crippen LogP) is 2.79. The normalized spacial score (nSPS) is 14.4. The molecule has 0 aliphatic rings. The third-order valence-corrected chi connectivity index (χ3v) is 3.11. The summed E-state index contributed by atoms with van der Waals surface area (Å²) in [4.78, 5) is 4.44. The van der Waals surface area contributed by atoms with Crippen molar-refractivity contribution in [2.45, 2.75) is 46.6 Å². The molecule has 1 heterocycles. The molecular weight excluding hydrogens is 194 g/mol. The van der Waals surface area contributed by atoms with Crippen LogP contribution in [-0.4, -0.2) is 16.2 Å². The fourth-order valence-corrected chi connectivity index (χ4v) is 2.80. The molecule has 1 unspecified atom stereocenters. The van der Waals surface area contributed by atoms with Crippen LogP contribution in [0, 0.1) is 12.3 Å². The van der Waals surface area contributed by atoms with Gasteiger partial charge in [-0.25, -0.2) is 4.98 Å². The molecule has 0 saturated heterocycles. The van der Waals surface area contributed by atoms with E-state index in [2.05, 4.69) is 24.2 Å². The third-order valence-electron chi connectivity index (χ3n) is 2.14. The first kappa shape index (κ1) is 11.7. The largest absolute Gasteiger partial charge is 0.393 e. The van der Waals surface area contributed by atoms with Crippen molar-refractivity contribution < 1.29 is 5.11 Å². The lowest BCUT2D eigenvalue weighted by atomic mass is 9.84. The smallest absolute Gasteiger partial charge is 0.0933 e. The highest BCUT2D eigenvalue weighted by molar-refractivity contribution is 7.09. The maximum atomic E-state index is 9.35. The summed E-state index contributed by atoms with van der Waals surface area (Å²) in [5.74, 6) is 0. The van der Waals surface area contributed by atoms with Gasteiger partial charge in [-0.1, -0.05) is 13.8 Å². The molecule has 0 aliphatic heterocycles. The summed E-state index contributed by atoms with van der Waals surface area (Å²) in [5.41, 5.74) is 1.23. The quantitative estimate of drug-likeness (QED) is 0.834. The molecule has 1 rings (SSSR count). The van der Waals surface area contributed by atoms with Crippen LogP contribution in [-0.2, 0) is 6.42 Å². The van der Waals surface area contributed by atoms with Gasteiger partial charge in [0, 0.05) is 17.5 Å². The van der Waals surface area contributed by atoms with Crippen LogP contribution in [0.5, 0.6) is 0 Å². The molecule has 0 saturated carbocycles. The van der Waals surface area contributed by atoms with Gasteiger partial charge in [0.2, 0.25) is 0 Å². The molecule has 1 aromatic rings. The molecule has 80 valence electrons. The van der Waals surface area contributed by atoms with Crippen molar-refractivity contribution in [2.75, 3.05) is 0 Å². The molecule has 1 atom stereocenters. The van der Waals surface area contributed by atoms with E-state index in [0.29, 0.717) is 0 Å². The molecule has 1 aromatic heterocycles. The van der Waals surface area contributed by atoms with Crippen LogP contribution in [0.4, 0.5) is 0 Å². The molecule has 14 heavy (non-hydrogen) atoms. The number of nitrogens with zero attached hydrogens (tertiary/aromatic N) is 1. The molecule has 0 fully saturated rings. The van der Waals surface area contributed by atoms with Crippen LogP contribution in [0.1, 0.15) is 37.9 Å². The van der Waals surface area contributed by atoms with Crippen LogP contribution in [0.15, 0.2) is 5.38 Å². The first-order chi connectivity index (χ1) is 6.39. The van der Waals surface area contributed by atoms with Gasteiger partial charge in [-0.3, -0.25) is 0 Å². The Morgan fingerprint density at radius 3 is 2.64 bits per heavy atom. The SMILES string of the molecule is Cc1csc(CC(C)(C)CC(C)O)n1. The highest BCUT2D eigenvalue weighted by Gasteiger charge is 2.22. The van der Waals surface area contributed by atoms with E-state index in [0.717, 1.165) is 18.5 Å². The molecule has 1 N–H and O–H groups in total.